The van der Waals surface area contributed by atoms with Gasteiger partial charge in [0, 0.05) is 25.5 Å². The van der Waals surface area contributed by atoms with Crippen molar-refractivity contribution < 1.29 is 14.6 Å². The molecule has 1 aliphatic heterocycles. The fourth-order valence-electron chi connectivity index (χ4n) is 1.87. The first-order valence-electron chi connectivity index (χ1n) is 5.50. The van der Waals surface area contributed by atoms with Crippen LogP contribution in [-0.2, 0) is 9.53 Å². The molecule has 0 aromatic carbocycles. The molecule has 1 N–H and O–H groups in total. The fourth-order valence-corrected chi connectivity index (χ4v) is 1.87. The van der Waals surface area contributed by atoms with Crippen LogP contribution in [0.4, 0.5) is 5.82 Å². The summed E-state index contributed by atoms with van der Waals surface area (Å²) in [5.41, 5.74) is 0.244. The van der Waals surface area contributed by atoms with Gasteiger partial charge in [-0.25, -0.2) is 9.97 Å². The van der Waals surface area contributed by atoms with Crippen LogP contribution < -0.4 is 4.90 Å². The molecular formula is C11H12N4O3. The maximum Gasteiger partial charge on any atom is 0.306 e. The summed E-state index contributed by atoms with van der Waals surface area (Å²) in [6.07, 6.45) is 2.53. The number of ether oxygens (including phenoxy) is 1. The van der Waals surface area contributed by atoms with Crippen LogP contribution in [0.5, 0.6) is 0 Å². The normalized spacial score (nSPS) is 19.3. The molecule has 0 spiro atoms. The van der Waals surface area contributed by atoms with Crippen LogP contribution in [0.2, 0.25) is 0 Å². The lowest BCUT2D eigenvalue weighted by Gasteiger charge is -2.33. The summed E-state index contributed by atoms with van der Waals surface area (Å²) in [6, 6.07) is 1.98. The van der Waals surface area contributed by atoms with Gasteiger partial charge in [-0.2, -0.15) is 5.26 Å². The van der Waals surface area contributed by atoms with Crippen molar-refractivity contribution in [1.82, 2.24) is 9.97 Å². The van der Waals surface area contributed by atoms with Crippen LogP contribution in [0.3, 0.4) is 0 Å². The molecule has 1 atom stereocenters. The van der Waals surface area contributed by atoms with Crippen LogP contribution in [-0.4, -0.2) is 46.8 Å². The van der Waals surface area contributed by atoms with Gasteiger partial charge in [0.25, 0.3) is 0 Å². The molecular weight excluding hydrogens is 236 g/mol. The molecule has 2 heterocycles. The Hall–Kier alpha value is -2.20. The summed E-state index contributed by atoms with van der Waals surface area (Å²) < 4.78 is 5.36. The molecule has 1 fully saturated rings. The maximum absolute atomic E-state index is 10.7. The first-order chi connectivity index (χ1) is 8.70. The highest BCUT2D eigenvalue weighted by Gasteiger charge is 2.25. The number of rotatable bonds is 3. The van der Waals surface area contributed by atoms with Gasteiger partial charge in [0.05, 0.1) is 19.1 Å². The SMILES string of the molecule is N#Cc1nccnc1N1CCOC(CC(=O)O)C1. The number of nitrogens with zero attached hydrogens (tertiary/aromatic N) is 4. The molecule has 1 unspecified atom stereocenters. The minimum Gasteiger partial charge on any atom is -0.481 e. The summed E-state index contributed by atoms with van der Waals surface area (Å²) in [5, 5.41) is 17.7. The molecule has 1 aromatic heterocycles. The van der Waals surface area contributed by atoms with Crippen molar-refractivity contribution in [3.8, 4) is 6.07 Å². The third kappa shape index (κ3) is 2.73. The number of carboxylic acids is 1. The number of aliphatic carboxylic acids is 1. The summed E-state index contributed by atoms with van der Waals surface area (Å²) in [4.78, 5) is 20.6. The Labute approximate surface area is 104 Å². The minimum atomic E-state index is -0.901. The van der Waals surface area contributed by atoms with Crippen molar-refractivity contribution in [2.75, 3.05) is 24.6 Å². The fraction of sp³-hybridized carbons (Fsp3) is 0.455. The molecule has 0 saturated carbocycles. The average molecular weight is 248 g/mol. The van der Waals surface area contributed by atoms with Crippen LogP contribution in [0, 0.1) is 11.3 Å². The van der Waals surface area contributed by atoms with Gasteiger partial charge in [0.1, 0.15) is 6.07 Å². The summed E-state index contributed by atoms with van der Waals surface area (Å²) >= 11 is 0. The highest BCUT2D eigenvalue weighted by atomic mass is 16.5. The van der Waals surface area contributed by atoms with Crippen molar-refractivity contribution in [3.05, 3.63) is 18.1 Å². The van der Waals surface area contributed by atoms with E-state index < -0.39 is 5.97 Å². The highest BCUT2D eigenvalue weighted by Crippen LogP contribution is 2.18. The highest BCUT2D eigenvalue weighted by molar-refractivity contribution is 5.67. The molecule has 0 aliphatic carbocycles. The van der Waals surface area contributed by atoms with E-state index in [4.69, 9.17) is 15.1 Å². The lowest BCUT2D eigenvalue weighted by molar-refractivity contribution is -0.140. The molecule has 94 valence electrons. The van der Waals surface area contributed by atoms with Crippen LogP contribution in [0.25, 0.3) is 0 Å². The Kier molecular flexibility index (Phi) is 3.69. The quantitative estimate of drug-likeness (QED) is 0.805. The van der Waals surface area contributed by atoms with Gasteiger partial charge >= 0.3 is 5.97 Å². The number of aromatic nitrogens is 2. The van der Waals surface area contributed by atoms with Crippen LogP contribution in [0.15, 0.2) is 12.4 Å². The molecule has 1 aliphatic rings. The van der Waals surface area contributed by atoms with Crippen LogP contribution in [0.1, 0.15) is 12.1 Å². The zero-order chi connectivity index (χ0) is 13.0. The summed E-state index contributed by atoms with van der Waals surface area (Å²) in [5.74, 6) is -0.416. The molecule has 7 heteroatoms. The van der Waals surface area contributed by atoms with E-state index in [1.54, 1.807) is 0 Å². The van der Waals surface area contributed by atoms with E-state index >= 15 is 0 Å². The topological polar surface area (TPSA) is 99.3 Å². The Morgan fingerprint density at radius 3 is 3.11 bits per heavy atom. The van der Waals surface area contributed by atoms with Crippen molar-refractivity contribution >= 4 is 11.8 Å². The van der Waals surface area contributed by atoms with E-state index in [9.17, 15) is 4.79 Å². The smallest absolute Gasteiger partial charge is 0.306 e. The van der Waals surface area contributed by atoms with E-state index in [2.05, 4.69) is 9.97 Å². The molecule has 0 bridgehead atoms. The number of carbonyl (C=O) groups is 1. The van der Waals surface area contributed by atoms with Gasteiger partial charge in [0.2, 0.25) is 0 Å². The second kappa shape index (κ2) is 5.42. The van der Waals surface area contributed by atoms with E-state index in [-0.39, 0.29) is 18.2 Å². The minimum absolute atomic E-state index is 0.0569. The second-order valence-electron chi connectivity index (χ2n) is 3.88. The monoisotopic (exact) mass is 248 g/mol. The van der Waals surface area contributed by atoms with Gasteiger partial charge in [-0.1, -0.05) is 0 Å². The lowest BCUT2D eigenvalue weighted by atomic mass is 10.2. The van der Waals surface area contributed by atoms with Crippen molar-refractivity contribution in [3.63, 3.8) is 0 Å². The second-order valence-corrected chi connectivity index (χ2v) is 3.88. The number of hydrogen-bond donors (Lipinski definition) is 1. The van der Waals surface area contributed by atoms with Crippen molar-refractivity contribution in [2.45, 2.75) is 12.5 Å². The summed E-state index contributed by atoms with van der Waals surface area (Å²) in [7, 11) is 0. The Morgan fingerprint density at radius 2 is 2.39 bits per heavy atom. The number of anilines is 1. The van der Waals surface area contributed by atoms with Gasteiger partial charge < -0.3 is 14.7 Å². The van der Waals surface area contributed by atoms with E-state index in [0.29, 0.717) is 25.5 Å². The standard InChI is InChI=1S/C11H12N4O3/c12-6-9-11(14-2-1-13-9)15-3-4-18-8(7-15)5-10(16)17/h1-2,8H,3-5,7H2,(H,16,17). The van der Waals surface area contributed by atoms with Gasteiger partial charge in [-0.05, 0) is 0 Å². The average Bonchev–Trinajstić information content (AvgIpc) is 2.38. The van der Waals surface area contributed by atoms with Crippen molar-refractivity contribution in [2.24, 2.45) is 0 Å². The zero-order valence-corrected chi connectivity index (χ0v) is 9.61. The van der Waals surface area contributed by atoms with E-state index in [1.165, 1.54) is 12.4 Å². The largest absolute Gasteiger partial charge is 0.481 e. The predicted octanol–water partition coefficient (Wildman–Crippen LogP) is 0.0282. The third-order valence-electron chi connectivity index (χ3n) is 2.63. The number of carboxylic acid groups (broad SMARTS) is 1. The lowest BCUT2D eigenvalue weighted by Crippen LogP contribution is -2.44. The summed E-state index contributed by atoms with van der Waals surface area (Å²) in [6.45, 7) is 1.39. The maximum atomic E-state index is 10.7. The molecule has 2 rings (SSSR count). The van der Waals surface area contributed by atoms with E-state index in [1.807, 2.05) is 11.0 Å². The first kappa shape index (κ1) is 12.3. The van der Waals surface area contributed by atoms with E-state index in [0.717, 1.165) is 0 Å². The Balaban J connectivity index is 2.13. The predicted molar refractivity (Wildman–Crippen MR) is 61.0 cm³/mol. The van der Waals surface area contributed by atoms with Crippen LogP contribution >= 0.6 is 0 Å². The Bertz CT molecular complexity index is 485. The Morgan fingerprint density at radius 1 is 1.61 bits per heavy atom. The first-order valence-corrected chi connectivity index (χ1v) is 5.50. The zero-order valence-electron chi connectivity index (χ0n) is 9.61. The molecule has 0 amide bonds. The third-order valence-corrected chi connectivity index (χ3v) is 2.63. The molecule has 7 nitrogen and oxygen atoms in total. The molecule has 1 aromatic rings. The number of morpholine rings is 1. The van der Waals surface area contributed by atoms with Gasteiger partial charge in [0.15, 0.2) is 11.5 Å². The van der Waals surface area contributed by atoms with Gasteiger partial charge in [-0.3, -0.25) is 4.79 Å². The van der Waals surface area contributed by atoms with Gasteiger partial charge in [-0.15, -0.1) is 0 Å². The molecule has 0 radical (unpaired) electrons. The molecule has 18 heavy (non-hydrogen) atoms. The molecule has 1 saturated heterocycles. The van der Waals surface area contributed by atoms with Crippen molar-refractivity contribution in [1.29, 1.82) is 5.26 Å². The number of hydrogen-bond acceptors (Lipinski definition) is 6. The number of nitriles is 1.